The third kappa shape index (κ3) is 38.4. The molecule has 2 aliphatic carbocycles. The van der Waals surface area contributed by atoms with E-state index in [1.165, 1.54) is 50.7 Å². The zero-order valence-corrected chi connectivity index (χ0v) is 48.7. The van der Waals surface area contributed by atoms with E-state index in [9.17, 15) is 57.5 Å². The molecule has 0 aromatic carbocycles. The second-order valence-electron chi connectivity index (χ2n) is 17.2. The van der Waals surface area contributed by atoms with Crippen LogP contribution in [0.15, 0.2) is 24.3 Å². The van der Waals surface area contributed by atoms with Gasteiger partial charge in [-0.15, -0.1) is 0 Å². The number of carboxylic acid groups (broad SMARTS) is 8. The summed E-state index contributed by atoms with van der Waals surface area (Å²) in [5.74, 6) is -10.6. The SMILES string of the molecule is O=C(O)C(=O)O.O=C(O)C(=O)O.O=C(O)CCCN1C(=O)C=CC1=O.O=C(O)CCCN1C(=O)CCC1=O.O=C(O)NCCN1C(=O)C=CC1=O.O=C(O)NCCN1C(=O)CCC1=O.[CH2-][C@@H]1CCCCC1[NH-].[CH2-][C@@H]1CCCCC1[NH-].[Pt+2].[Pt+2]. The molecule has 2 saturated heterocycles. The summed E-state index contributed by atoms with van der Waals surface area (Å²) in [7, 11) is 0. The third-order valence-corrected chi connectivity index (χ3v) is 11.1. The molecular weight excluding hydrogens is 1460 g/mol. The molecule has 0 aromatic rings. The Bertz CT molecular complexity index is 1980. The Balaban J connectivity index is -0.000000430. The molecule has 0 aromatic heterocycles. The van der Waals surface area contributed by atoms with Crippen molar-refractivity contribution in [2.45, 2.75) is 115 Å². The molecule has 2 unspecified atom stereocenters. The van der Waals surface area contributed by atoms with Crippen LogP contribution in [0.3, 0.4) is 0 Å². The van der Waals surface area contributed by atoms with Gasteiger partial charge in [-0.1, -0.05) is 51.4 Å². The minimum absolute atomic E-state index is 0. The number of rotatable bonds is 14. The van der Waals surface area contributed by atoms with E-state index in [1.807, 2.05) is 0 Å². The molecule has 2 saturated carbocycles. The Hall–Kier alpha value is -7.30. The maximum absolute atomic E-state index is 11.0. The molecule has 82 heavy (non-hydrogen) atoms. The van der Waals surface area contributed by atoms with Crippen LogP contribution in [-0.4, -0.2) is 207 Å². The standard InChI is InChI=1S/C8H11NO4.C8H9NO4.C7H10N2O4.C7H8N2O4.2C7H13N.2C2H2O4.2Pt/c2*10-6-3-4-7(11)9(6)5-1-2-8(12)13;2*10-5-1-2-6(11)9(5)4-3-8-7(12)13;2*1-6-4-2-3-5-7(6)8;2*3-1(4)2(5)6;;/h1-5H2,(H,12,13);3-4H,1-2,5H2,(H,12,13);8H,1-4H2,(H,12,13);1-2,8H,3-4H2,(H,12,13);2*6-8H,1-5H2;2*(H,3,4)(H,5,6);;/q;;;;2*-2;;;2*+2/t;;;;2*6-,7?;;;;/m....11..../s1. The first kappa shape index (κ1) is 81.2. The molecule has 32 nitrogen and oxygen atoms in total. The quantitative estimate of drug-likeness (QED) is 0.0669. The summed E-state index contributed by atoms with van der Waals surface area (Å²) in [4.78, 5) is 169. The van der Waals surface area contributed by atoms with Crippen molar-refractivity contribution in [3.8, 4) is 0 Å². The van der Waals surface area contributed by atoms with Crippen molar-refractivity contribution in [3.05, 3.63) is 49.6 Å². The summed E-state index contributed by atoms with van der Waals surface area (Å²) < 4.78 is 0. The summed E-state index contributed by atoms with van der Waals surface area (Å²) in [6.45, 7) is 8.54. The number of hydrogen-bond donors (Lipinski definition) is 10. The molecule has 464 valence electrons. The zero-order valence-electron chi connectivity index (χ0n) is 44.1. The largest absolute Gasteiger partial charge is 2.00 e. The van der Waals surface area contributed by atoms with Gasteiger partial charge in [0.05, 0.1) is 0 Å². The number of aliphatic carboxylic acids is 6. The van der Waals surface area contributed by atoms with Gasteiger partial charge in [-0.2, -0.15) is 23.9 Å². The summed E-state index contributed by atoms with van der Waals surface area (Å²) >= 11 is 0. The van der Waals surface area contributed by atoms with Crippen molar-refractivity contribution in [3.63, 3.8) is 0 Å². The van der Waals surface area contributed by atoms with E-state index in [1.54, 1.807) is 0 Å². The van der Waals surface area contributed by atoms with Crippen LogP contribution in [0, 0.1) is 25.7 Å². The van der Waals surface area contributed by atoms with Crippen molar-refractivity contribution in [1.29, 1.82) is 0 Å². The smallest absolute Gasteiger partial charge is 0.677 e. The molecule has 12 N–H and O–H groups in total. The van der Waals surface area contributed by atoms with Crippen molar-refractivity contribution < 1.29 is 160 Å². The number of carbonyl (C=O) groups is 16. The normalized spacial score (nSPS) is 19.0. The first-order chi connectivity index (χ1) is 37.3. The second kappa shape index (κ2) is 45.3. The Labute approximate surface area is 498 Å². The van der Waals surface area contributed by atoms with Gasteiger partial charge >= 0.3 is 90.1 Å². The van der Waals surface area contributed by atoms with E-state index in [-0.39, 0.29) is 167 Å². The monoisotopic (exact) mass is 1530 g/mol. The van der Waals surface area contributed by atoms with Crippen molar-refractivity contribution in [2.75, 3.05) is 39.3 Å². The molecule has 4 aliphatic heterocycles. The Morgan fingerprint density at radius 2 is 0.671 bits per heavy atom. The summed E-state index contributed by atoms with van der Waals surface area (Å²) in [5.41, 5.74) is 14.8. The molecule has 4 heterocycles. The second-order valence-corrected chi connectivity index (χ2v) is 17.2. The molecule has 4 fully saturated rings. The number of carbonyl (C=O) groups excluding carboxylic acids is 8. The van der Waals surface area contributed by atoms with E-state index in [2.05, 4.69) is 24.5 Å². The van der Waals surface area contributed by atoms with Crippen LogP contribution in [0.1, 0.15) is 103 Å². The number of likely N-dealkylation sites (tertiary alicyclic amines) is 2. The van der Waals surface area contributed by atoms with Crippen molar-refractivity contribution in [2.24, 2.45) is 11.8 Å². The van der Waals surface area contributed by atoms with Crippen molar-refractivity contribution >= 4 is 95.3 Å². The fourth-order valence-corrected chi connectivity index (χ4v) is 6.79. The average molecular weight is 1530 g/mol. The molecule has 4 atom stereocenters. The topological polar surface area (TPSA) is 520 Å². The maximum atomic E-state index is 11.0. The van der Waals surface area contributed by atoms with Gasteiger partial charge in [0.1, 0.15) is 0 Å². The number of hydrogen-bond acceptors (Lipinski definition) is 16. The predicted octanol–water partition coefficient (Wildman–Crippen LogP) is 1.53. The first-order valence-electron chi connectivity index (χ1n) is 24.5. The molecule has 6 aliphatic rings. The minimum Gasteiger partial charge on any atom is -0.677 e. The van der Waals surface area contributed by atoms with Crippen LogP contribution in [0.4, 0.5) is 9.59 Å². The van der Waals surface area contributed by atoms with Crippen LogP contribution < -0.4 is 10.6 Å². The summed E-state index contributed by atoms with van der Waals surface area (Å²) in [6, 6.07) is 0.285. The zero-order chi connectivity index (χ0) is 61.7. The van der Waals surface area contributed by atoms with E-state index in [0.29, 0.717) is 24.7 Å². The van der Waals surface area contributed by atoms with Gasteiger partial charge in [-0.05, 0) is 12.8 Å². The third-order valence-electron chi connectivity index (χ3n) is 11.1. The average Bonchev–Trinajstić information content (AvgIpc) is 4.09. The van der Waals surface area contributed by atoms with Crippen LogP contribution in [-0.2, 0) is 109 Å². The van der Waals surface area contributed by atoms with Crippen LogP contribution >= 0.6 is 0 Å². The molecule has 6 rings (SSSR count). The maximum Gasteiger partial charge on any atom is 2.00 e. The Morgan fingerprint density at radius 1 is 0.427 bits per heavy atom. The van der Waals surface area contributed by atoms with Gasteiger partial charge in [0, 0.05) is 102 Å². The van der Waals surface area contributed by atoms with Gasteiger partial charge in [0.2, 0.25) is 23.6 Å². The minimum atomic E-state index is -1.82. The van der Waals surface area contributed by atoms with E-state index in [4.69, 9.17) is 71.5 Å². The fourth-order valence-electron chi connectivity index (χ4n) is 6.79. The van der Waals surface area contributed by atoms with Crippen LogP contribution in [0.25, 0.3) is 11.5 Å². The molecular formula is C48H68N8O24Pt2. The van der Waals surface area contributed by atoms with Gasteiger partial charge < -0.3 is 76.8 Å². The number of imide groups is 4. The van der Waals surface area contributed by atoms with Gasteiger partial charge in [0.15, 0.2) is 0 Å². The van der Waals surface area contributed by atoms with E-state index >= 15 is 0 Å². The van der Waals surface area contributed by atoms with E-state index in [0.717, 1.165) is 44.6 Å². The molecule has 10 amide bonds. The molecule has 0 spiro atoms. The number of amides is 10. The Kier molecular flexibility index (Phi) is 44.9. The van der Waals surface area contributed by atoms with Gasteiger partial charge in [-0.25, -0.2) is 28.8 Å². The van der Waals surface area contributed by atoms with Gasteiger partial charge in [-0.3, -0.25) is 67.5 Å². The van der Waals surface area contributed by atoms with Crippen LogP contribution in [0.2, 0.25) is 0 Å². The first-order valence-corrected chi connectivity index (χ1v) is 24.5. The Morgan fingerprint density at radius 3 is 0.902 bits per heavy atom. The fraction of sp³-hybridized carbons (Fsp3) is 0.542. The molecule has 0 bridgehead atoms. The molecule has 0 radical (unpaired) electrons. The summed E-state index contributed by atoms with van der Waals surface area (Å²) in [5, 5.41) is 66.8. The van der Waals surface area contributed by atoms with Crippen molar-refractivity contribution in [1.82, 2.24) is 30.2 Å². The van der Waals surface area contributed by atoms with Crippen LogP contribution in [0.5, 0.6) is 0 Å². The summed E-state index contributed by atoms with van der Waals surface area (Å²) in [6.07, 6.45) is 13.6. The number of nitrogens with one attached hydrogen (secondary N) is 4. The number of nitrogens with zero attached hydrogens (tertiary/aromatic N) is 4. The number of carboxylic acids is 6. The van der Waals surface area contributed by atoms with Gasteiger partial charge in [0.25, 0.3) is 23.6 Å². The predicted molar refractivity (Wildman–Crippen MR) is 271 cm³/mol. The molecule has 34 heteroatoms. The van der Waals surface area contributed by atoms with E-state index < -0.39 is 59.8 Å².